The Morgan fingerprint density at radius 1 is 1.50 bits per heavy atom. The van der Waals surface area contributed by atoms with E-state index in [0.29, 0.717) is 0 Å². The first-order valence-electron chi connectivity index (χ1n) is 4.30. The average Bonchev–Trinajstić information content (AvgIpc) is 2.03. The van der Waals surface area contributed by atoms with Crippen molar-refractivity contribution in [2.75, 3.05) is 11.1 Å². The molecule has 1 aromatic carbocycles. The van der Waals surface area contributed by atoms with Gasteiger partial charge in [0.15, 0.2) is 0 Å². The van der Waals surface area contributed by atoms with Crippen LogP contribution in [0.2, 0.25) is 0 Å². The summed E-state index contributed by atoms with van der Waals surface area (Å²) in [6, 6.07) is 5.53. The number of carbonyl (C=O) groups excluding carboxylic acids is 1. The number of hydrogen-bond acceptors (Lipinski definition) is 2. The van der Waals surface area contributed by atoms with Crippen molar-refractivity contribution in [2.45, 2.75) is 20.3 Å². The normalized spacial score (nSPS) is 9.00. The van der Waals surface area contributed by atoms with Crippen LogP contribution in [0.3, 0.4) is 0 Å². The van der Waals surface area contributed by atoms with Gasteiger partial charge in [-0.25, -0.2) is 0 Å². The number of hydrogen-bond donors (Lipinski definition) is 2. The van der Waals surface area contributed by atoms with Crippen molar-refractivity contribution in [3.8, 4) is 0 Å². The van der Waals surface area contributed by atoms with Crippen LogP contribution >= 0.6 is 0 Å². The minimum absolute atomic E-state index is 0. The van der Waals surface area contributed by atoms with Gasteiger partial charge in [0, 0.05) is 18.3 Å². The zero-order valence-electron chi connectivity index (χ0n) is 8.30. The van der Waals surface area contributed by atoms with Gasteiger partial charge in [0.2, 0.25) is 5.91 Å². The first kappa shape index (κ1) is 12.8. The molecule has 0 heterocycles. The average molecular weight is 214 g/mol. The molecule has 1 amide bonds. The van der Waals surface area contributed by atoms with E-state index < -0.39 is 0 Å². The van der Waals surface area contributed by atoms with Crippen LogP contribution in [0.4, 0.5) is 11.4 Å². The summed E-state index contributed by atoms with van der Waals surface area (Å²) in [5.74, 6) is -0.0692. The van der Waals surface area contributed by atoms with E-state index in [2.05, 4.69) is 5.32 Å². The molecule has 0 saturated heterocycles. The third kappa shape index (κ3) is 2.92. The molecule has 0 atom stereocenters. The molecule has 0 fully saturated rings. The molecule has 3 N–H and O–H groups in total. The van der Waals surface area contributed by atoms with Crippen molar-refractivity contribution >= 4 is 17.3 Å². The van der Waals surface area contributed by atoms with Crippen LogP contribution in [0.15, 0.2) is 18.2 Å². The van der Waals surface area contributed by atoms with Gasteiger partial charge < -0.3 is 23.5 Å². The number of amides is 1. The summed E-state index contributed by atoms with van der Waals surface area (Å²) >= 11 is 0. The van der Waals surface area contributed by atoms with E-state index in [-0.39, 0.29) is 18.3 Å². The Hall–Kier alpha value is -1.22. The lowest BCUT2D eigenvalue weighted by molar-refractivity contribution is -0.114. The molecule has 0 radical (unpaired) electrons. The van der Waals surface area contributed by atoms with Gasteiger partial charge in [-0.3, -0.25) is 4.79 Å². The molecule has 1 rings (SSSR count). The van der Waals surface area contributed by atoms with E-state index in [1.165, 1.54) is 6.92 Å². The highest BCUT2D eigenvalue weighted by atomic mass is 35.5. The van der Waals surface area contributed by atoms with Gasteiger partial charge in [-0.05, 0) is 24.1 Å². The molecule has 0 aliphatic carbocycles. The zero-order valence-corrected chi connectivity index (χ0v) is 9.06. The molecular weight excluding hydrogens is 200 g/mol. The van der Waals surface area contributed by atoms with E-state index in [1.54, 1.807) is 0 Å². The summed E-state index contributed by atoms with van der Waals surface area (Å²) in [5.41, 5.74) is 8.30. The predicted molar refractivity (Wildman–Crippen MR) is 54.5 cm³/mol. The molecule has 0 aliphatic heterocycles. The number of benzene rings is 1. The van der Waals surface area contributed by atoms with Crippen molar-refractivity contribution < 1.29 is 17.2 Å². The molecule has 78 valence electrons. The summed E-state index contributed by atoms with van der Waals surface area (Å²) < 4.78 is 0. The fourth-order valence-corrected chi connectivity index (χ4v) is 1.31. The van der Waals surface area contributed by atoms with E-state index in [0.717, 1.165) is 23.4 Å². The topological polar surface area (TPSA) is 55.1 Å². The van der Waals surface area contributed by atoms with Gasteiger partial charge in [0.25, 0.3) is 0 Å². The highest BCUT2D eigenvalue weighted by Crippen LogP contribution is 2.22. The smallest absolute Gasteiger partial charge is 0.221 e. The number of halogens is 1. The molecule has 0 spiro atoms. The second-order valence-corrected chi connectivity index (χ2v) is 2.91. The van der Waals surface area contributed by atoms with Crippen LogP contribution in [-0.2, 0) is 11.2 Å². The number of nitrogen functional groups attached to an aromatic ring is 1. The minimum Gasteiger partial charge on any atom is -1.00 e. The van der Waals surface area contributed by atoms with E-state index in [1.807, 2.05) is 25.1 Å². The van der Waals surface area contributed by atoms with Gasteiger partial charge in [-0.2, -0.15) is 0 Å². The van der Waals surface area contributed by atoms with Crippen LogP contribution in [-0.4, -0.2) is 5.91 Å². The van der Waals surface area contributed by atoms with E-state index in [9.17, 15) is 4.79 Å². The summed E-state index contributed by atoms with van der Waals surface area (Å²) in [4.78, 5) is 10.8. The van der Waals surface area contributed by atoms with Gasteiger partial charge >= 0.3 is 0 Å². The summed E-state index contributed by atoms with van der Waals surface area (Å²) in [5, 5.41) is 2.75. The maximum atomic E-state index is 10.8. The molecule has 14 heavy (non-hydrogen) atoms. The van der Waals surface area contributed by atoms with Gasteiger partial charge in [-0.15, -0.1) is 0 Å². The predicted octanol–water partition coefficient (Wildman–Crippen LogP) is -1.21. The SMILES string of the molecule is CCc1c(N)cccc1NC(C)=O.[Cl-]. The quantitative estimate of drug-likeness (QED) is 0.606. The minimum atomic E-state index is -0.0692. The number of anilines is 2. The van der Waals surface area contributed by atoms with Gasteiger partial charge in [-0.1, -0.05) is 13.0 Å². The Morgan fingerprint density at radius 2 is 2.14 bits per heavy atom. The summed E-state index contributed by atoms with van der Waals surface area (Å²) in [7, 11) is 0. The lowest BCUT2D eigenvalue weighted by atomic mass is 10.1. The third-order valence-electron chi connectivity index (χ3n) is 1.88. The molecule has 1 aromatic rings. The van der Waals surface area contributed by atoms with Crippen molar-refractivity contribution in [2.24, 2.45) is 0 Å². The van der Waals surface area contributed by atoms with Crippen LogP contribution in [0, 0.1) is 0 Å². The van der Waals surface area contributed by atoms with Crippen LogP contribution < -0.4 is 23.5 Å². The summed E-state index contributed by atoms with van der Waals surface area (Å²) in [6.45, 7) is 3.50. The number of carbonyl (C=O) groups is 1. The fourth-order valence-electron chi connectivity index (χ4n) is 1.31. The Balaban J connectivity index is 0.00000169. The molecule has 0 unspecified atom stereocenters. The maximum Gasteiger partial charge on any atom is 0.221 e. The molecule has 0 aromatic heterocycles. The monoisotopic (exact) mass is 213 g/mol. The second-order valence-electron chi connectivity index (χ2n) is 2.91. The lowest BCUT2D eigenvalue weighted by Gasteiger charge is -2.10. The van der Waals surface area contributed by atoms with E-state index >= 15 is 0 Å². The van der Waals surface area contributed by atoms with Crippen LogP contribution in [0.1, 0.15) is 19.4 Å². The van der Waals surface area contributed by atoms with Crippen molar-refractivity contribution in [1.29, 1.82) is 0 Å². The van der Waals surface area contributed by atoms with E-state index in [4.69, 9.17) is 5.73 Å². The number of nitrogens with two attached hydrogens (primary N) is 1. The van der Waals surface area contributed by atoms with Crippen molar-refractivity contribution in [3.63, 3.8) is 0 Å². The van der Waals surface area contributed by atoms with Crippen molar-refractivity contribution in [1.82, 2.24) is 0 Å². The lowest BCUT2D eigenvalue weighted by Crippen LogP contribution is -3.00. The molecular formula is C10H14ClN2O-. The van der Waals surface area contributed by atoms with Gasteiger partial charge in [0.05, 0.1) is 0 Å². The number of nitrogens with one attached hydrogen (secondary N) is 1. The molecule has 0 aliphatic rings. The summed E-state index contributed by atoms with van der Waals surface area (Å²) in [6.07, 6.45) is 0.822. The molecule has 4 heteroatoms. The highest BCUT2D eigenvalue weighted by Gasteiger charge is 2.04. The maximum absolute atomic E-state index is 10.8. The van der Waals surface area contributed by atoms with Crippen LogP contribution in [0.5, 0.6) is 0 Å². The second kappa shape index (κ2) is 5.50. The third-order valence-corrected chi connectivity index (χ3v) is 1.88. The highest BCUT2D eigenvalue weighted by molar-refractivity contribution is 5.90. The van der Waals surface area contributed by atoms with Crippen LogP contribution in [0.25, 0.3) is 0 Å². The van der Waals surface area contributed by atoms with Crippen molar-refractivity contribution in [3.05, 3.63) is 23.8 Å². The standard InChI is InChI=1S/C10H14N2O.ClH/c1-3-8-9(11)5-4-6-10(8)12-7(2)13;/h4-6H,3,11H2,1-2H3,(H,12,13);1H/p-1. The number of rotatable bonds is 2. The first-order valence-corrected chi connectivity index (χ1v) is 4.30. The first-order chi connectivity index (χ1) is 6.15. The Kier molecular flexibility index (Phi) is 5.02. The molecule has 0 saturated carbocycles. The van der Waals surface area contributed by atoms with Gasteiger partial charge in [0.1, 0.15) is 0 Å². The largest absolute Gasteiger partial charge is 1.00 e. The fraction of sp³-hybridized carbons (Fsp3) is 0.300. The molecule has 3 nitrogen and oxygen atoms in total. The Morgan fingerprint density at radius 3 is 2.64 bits per heavy atom. The Labute approximate surface area is 90.1 Å². The zero-order chi connectivity index (χ0) is 9.84. The Bertz CT molecular complexity index is 326. The molecule has 0 bridgehead atoms.